The highest BCUT2D eigenvalue weighted by Crippen LogP contribution is 2.25. The summed E-state index contributed by atoms with van der Waals surface area (Å²) < 4.78 is 0. The van der Waals surface area contributed by atoms with Gasteiger partial charge in [0, 0.05) is 42.9 Å². The van der Waals surface area contributed by atoms with Crippen LogP contribution in [0.15, 0.2) is 66.9 Å². The number of aromatic amines is 2. The summed E-state index contributed by atoms with van der Waals surface area (Å²) in [6.07, 6.45) is 1.86. The molecule has 0 aliphatic carbocycles. The summed E-state index contributed by atoms with van der Waals surface area (Å²) in [5.41, 5.74) is 7.49. The van der Waals surface area contributed by atoms with Gasteiger partial charge in [-0.25, -0.2) is 0 Å². The van der Waals surface area contributed by atoms with Gasteiger partial charge in [-0.3, -0.25) is 9.89 Å². The lowest BCUT2D eigenvalue weighted by Gasteiger charge is -2.23. The highest BCUT2D eigenvalue weighted by atomic mass is 16.2. The second-order valence-electron chi connectivity index (χ2n) is 7.96. The number of rotatable bonds is 6. The van der Waals surface area contributed by atoms with E-state index in [1.807, 2.05) is 73.7 Å². The van der Waals surface area contributed by atoms with Crippen LogP contribution in [0.2, 0.25) is 0 Å². The zero-order valence-electron chi connectivity index (χ0n) is 18.3. The van der Waals surface area contributed by atoms with Crippen molar-refractivity contribution in [1.82, 2.24) is 15.2 Å². The molecule has 0 saturated carbocycles. The number of carbonyl (C=O) groups excluding carboxylic acids is 1. The molecule has 2 N–H and O–H groups in total. The maximum absolute atomic E-state index is 13.5. The van der Waals surface area contributed by atoms with Gasteiger partial charge in [0.1, 0.15) is 5.69 Å². The Hall–Kier alpha value is -3.80. The van der Waals surface area contributed by atoms with Crippen LogP contribution in [0.3, 0.4) is 0 Å². The van der Waals surface area contributed by atoms with Crippen molar-refractivity contribution in [2.45, 2.75) is 20.4 Å². The van der Waals surface area contributed by atoms with Gasteiger partial charge in [-0.15, -0.1) is 0 Å². The molecule has 0 aliphatic heterocycles. The number of aromatic nitrogens is 3. The number of nitrogens with one attached hydrogen (secondary N) is 2. The van der Waals surface area contributed by atoms with E-state index in [1.165, 1.54) is 11.1 Å². The number of hydrogen-bond acceptors (Lipinski definition) is 3. The summed E-state index contributed by atoms with van der Waals surface area (Å²) in [7, 11) is 3.99. The Morgan fingerprint density at radius 1 is 0.935 bits per heavy atom. The molecule has 4 aromatic rings. The van der Waals surface area contributed by atoms with Crippen LogP contribution in [0.25, 0.3) is 11.3 Å². The quantitative estimate of drug-likeness (QED) is 0.471. The Labute approximate surface area is 182 Å². The number of carbonyl (C=O) groups is 1. The van der Waals surface area contributed by atoms with Crippen molar-refractivity contribution < 1.29 is 4.79 Å². The summed E-state index contributed by atoms with van der Waals surface area (Å²) in [4.78, 5) is 20.5. The molecule has 2 aromatic heterocycles. The lowest BCUT2D eigenvalue weighted by molar-refractivity contribution is 0.0980. The zero-order chi connectivity index (χ0) is 22.0. The van der Waals surface area contributed by atoms with Gasteiger partial charge >= 0.3 is 0 Å². The zero-order valence-corrected chi connectivity index (χ0v) is 18.3. The topological polar surface area (TPSA) is 68.0 Å². The summed E-state index contributed by atoms with van der Waals surface area (Å²) >= 11 is 0. The molecule has 0 bridgehead atoms. The lowest BCUT2D eigenvalue weighted by Crippen LogP contribution is -2.31. The van der Waals surface area contributed by atoms with Crippen molar-refractivity contribution in [3.63, 3.8) is 0 Å². The average Bonchev–Trinajstić information content (AvgIpc) is 3.46. The van der Waals surface area contributed by atoms with Crippen LogP contribution in [0, 0.1) is 13.8 Å². The number of H-pyrrole nitrogens is 2. The minimum Gasteiger partial charge on any atom is -0.378 e. The highest BCUT2D eigenvalue weighted by molar-refractivity contribution is 6.05. The van der Waals surface area contributed by atoms with Crippen molar-refractivity contribution in [2.75, 3.05) is 23.9 Å². The fourth-order valence-corrected chi connectivity index (χ4v) is 3.47. The normalized spacial score (nSPS) is 10.8. The Kier molecular flexibility index (Phi) is 5.62. The average molecular weight is 414 g/mol. The SMILES string of the molecule is Cc1ccc(-c2cc(C(=O)N(Cc3ccc[nH]3)c3ccc(N(C)C)cc3)[nH]n2)cc1C. The summed E-state index contributed by atoms with van der Waals surface area (Å²) in [5.74, 6) is -0.130. The largest absolute Gasteiger partial charge is 0.378 e. The third-order valence-corrected chi connectivity index (χ3v) is 5.52. The Morgan fingerprint density at radius 2 is 1.68 bits per heavy atom. The number of aryl methyl sites for hydroxylation is 2. The third kappa shape index (κ3) is 4.38. The van der Waals surface area contributed by atoms with Crippen molar-refractivity contribution in [3.05, 3.63) is 89.4 Å². The second-order valence-corrected chi connectivity index (χ2v) is 7.96. The van der Waals surface area contributed by atoms with Gasteiger partial charge in [-0.2, -0.15) is 5.10 Å². The molecule has 0 aliphatic rings. The van der Waals surface area contributed by atoms with Crippen LogP contribution >= 0.6 is 0 Å². The molecule has 0 fully saturated rings. The van der Waals surface area contributed by atoms with Crippen LogP contribution in [-0.4, -0.2) is 35.2 Å². The van der Waals surface area contributed by atoms with E-state index in [0.717, 1.165) is 28.3 Å². The number of anilines is 2. The standard InChI is InChI=1S/C25H27N5O/c1-17-7-8-19(14-18(17)2)23-15-24(28-27-23)25(31)30(16-20-6-5-13-26-20)22-11-9-21(10-12-22)29(3)4/h5-15,26H,16H2,1-4H3,(H,27,28). The van der Waals surface area contributed by atoms with E-state index in [1.54, 1.807) is 4.90 Å². The smallest absolute Gasteiger partial charge is 0.276 e. The first kappa shape index (κ1) is 20.5. The maximum Gasteiger partial charge on any atom is 0.276 e. The predicted octanol–water partition coefficient (Wildman–Crippen LogP) is 4.93. The summed E-state index contributed by atoms with van der Waals surface area (Å²) in [6.45, 7) is 4.59. The molecule has 6 nitrogen and oxygen atoms in total. The first-order valence-electron chi connectivity index (χ1n) is 10.3. The van der Waals surface area contributed by atoms with Crippen LogP contribution in [0.5, 0.6) is 0 Å². The molecule has 0 radical (unpaired) electrons. The fourth-order valence-electron chi connectivity index (χ4n) is 3.47. The van der Waals surface area contributed by atoms with Crippen molar-refractivity contribution in [1.29, 1.82) is 0 Å². The van der Waals surface area contributed by atoms with Crippen LogP contribution < -0.4 is 9.80 Å². The second kappa shape index (κ2) is 8.52. The van der Waals surface area contributed by atoms with E-state index in [2.05, 4.69) is 41.2 Å². The number of nitrogens with zero attached hydrogens (tertiary/aromatic N) is 3. The molecule has 0 unspecified atom stereocenters. The van der Waals surface area contributed by atoms with E-state index in [4.69, 9.17) is 0 Å². The highest BCUT2D eigenvalue weighted by Gasteiger charge is 2.21. The molecule has 1 amide bonds. The minimum atomic E-state index is -0.130. The molecule has 0 spiro atoms. The first-order chi connectivity index (χ1) is 14.9. The number of benzene rings is 2. The van der Waals surface area contributed by atoms with Gasteiger partial charge in [0.05, 0.1) is 12.2 Å². The molecular weight excluding hydrogens is 386 g/mol. The van der Waals surface area contributed by atoms with Crippen LogP contribution in [0.1, 0.15) is 27.3 Å². The molecular formula is C25H27N5O. The summed E-state index contributed by atoms with van der Waals surface area (Å²) in [5, 5.41) is 7.34. The molecule has 6 heteroatoms. The van der Waals surface area contributed by atoms with Crippen molar-refractivity contribution in [2.24, 2.45) is 0 Å². The molecule has 158 valence electrons. The van der Waals surface area contributed by atoms with E-state index in [9.17, 15) is 4.79 Å². The van der Waals surface area contributed by atoms with E-state index in [-0.39, 0.29) is 5.91 Å². The van der Waals surface area contributed by atoms with Crippen LogP contribution in [0.4, 0.5) is 11.4 Å². The summed E-state index contributed by atoms with van der Waals surface area (Å²) in [6, 6.07) is 19.9. The number of amides is 1. The molecule has 0 atom stereocenters. The molecule has 31 heavy (non-hydrogen) atoms. The van der Waals surface area contributed by atoms with Gasteiger partial charge in [0.15, 0.2) is 0 Å². The van der Waals surface area contributed by atoms with Gasteiger partial charge in [-0.1, -0.05) is 12.1 Å². The van der Waals surface area contributed by atoms with Crippen molar-refractivity contribution in [3.8, 4) is 11.3 Å². The van der Waals surface area contributed by atoms with E-state index in [0.29, 0.717) is 12.2 Å². The van der Waals surface area contributed by atoms with E-state index < -0.39 is 0 Å². The molecule has 2 aromatic carbocycles. The molecule has 0 saturated heterocycles. The van der Waals surface area contributed by atoms with Gasteiger partial charge in [0.25, 0.3) is 5.91 Å². The first-order valence-corrected chi connectivity index (χ1v) is 10.3. The Morgan fingerprint density at radius 3 is 2.32 bits per heavy atom. The monoisotopic (exact) mass is 413 g/mol. The number of hydrogen-bond donors (Lipinski definition) is 2. The van der Waals surface area contributed by atoms with Gasteiger partial charge < -0.3 is 14.8 Å². The Bertz CT molecular complexity index is 1170. The van der Waals surface area contributed by atoms with E-state index >= 15 is 0 Å². The van der Waals surface area contributed by atoms with Gasteiger partial charge in [-0.05, 0) is 73.5 Å². The molecule has 4 rings (SSSR count). The Balaban J connectivity index is 1.65. The third-order valence-electron chi connectivity index (χ3n) is 5.52. The van der Waals surface area contributed by atoms with Crippen molar-refractivity contribution >= 4 is 17.3 Å². The molecule has 2 heterocycles. The van der Waals surface area contributed by atoms with Gasteiger partial charge in [0.2, 0.25) is 0 Å². The van der Waals surface area contributed by atoms with Crippen LogP contribution in [-0.2, 0) is 6.54 Å². The fraction of sp³-hybridized carbons (Fsp3) is 0.200. The predicted molar refractivity (Wildman–Crippen MR) is 126 cm³/mol. The lowest BCUT2D eigenvalue weighted by atomic mass is 10.0. The minimum absolute atomic E-state index is 0.130. The maximum atomic E-state index is 13.5.